The van der Waals surface area contributed by atoms with Crippen LogP contribution in [-0.4, -0.2) is 23.0 Å². The van der Waals surface area contributed by atoms with E-state index < -0.39 is 0 Å². The second-order valence-electron chi connectivity index (χ2n) is 4.74. The Hall–Kier alpha value is -1.26. The number of carbonyl (C=O) groups is 1. The minimum Gasteiger partial charge on any atom is -0.409 e. The topological polar surface area (TPSA) is 87.7 Å². The molecule has 1 saturated carbocycles. The van der Waals surface area contributed by atoms with Crippen LogP contribution in [0.2, 0.25) is 0 Å². The number of nitrogens with two attached hydrogens (primary N) is 1. The van der Waals surface area contributed by atoms with Crippen LogP contribution >= 0.6 is 0 Å². The highest BCUT2D eigenvalue weighted by Crippen LogP contribution is 2.23. The quantitative estimate of drug-likeness (QED) is 0.296. The molecule has 0 radical (unpaired) electrons. The standard InChI is InChI=1S/C12H23N3O2/c1-2-10(8-11(13)15-17)14-12(16)9-6-4-3-5-7-9/h9-10,17H,2-8H2,1H3,(H2,13,15)(H,14,16). The highest BCUT2D eigenvalue weighted by molar-refractivity contribution is 5.82. The monoisotopic (exact) mass is 241 g/mol. The third-order valence-electron chi connectivity index (χ3n) is 3.40. The maximum absolute atomic E-state index is 12.0. The van der Waals surface area contributed by atoms with Crippen molar-refractivity contribution < 1.29 is 10.0 Å². The molecule has 1 aliphatic carbocycles. The number of carbonyl (C=O) groups excluding carboxylic acids is 1. The first-order chi connectivity index (χ1) is 8.17. The Balaban J connectivity index is 2.41. The Morgan fingerprint density at radius 3 is 2.65 bits per heavy atom. The van der Waals surface area contributed by atoms with Crippen molar-refractivity contribution in [3.63, 3.8) is 0 Å². The molecule has 4 N–H and O–H groups in total. The molecule has 0 aromatic heterocycles. The number of nitrogens with zero attached hydrogens (tertiary/aromatic N) is 1. The Labute approximate surface area is 102 Å². The van der Waals surface area contributed by atoms with Gasteiger partial charge in [0.05, 0.1) is 0 Å². The molecule has 0 heterocycles. The summed E-state index contributed by atoms with van der Waals surface area (Å²) in [6, 6.07) is -0.0275. The Morgan fingerprint density at radius 1 is 1.47 bits per heavy atom. The number of amides is 1. The molecule has 1 atom stereocenters. The van der Waals surface area contributed by atoms with Crippen molar-refractivity contribution in [2.24, 2.45) is 16.8 Å². The highest BCUT2D eigenvalue weighted by atomic mass is 16.4. The van der Waals surface area contributed by atoms with Crippen molar-refractivity contribution in [3.05, 3.63) is 0 Å². The molecule has 98 valence electrons. The lowest BCUT2D eigenvalue weighted by molar-refractivity contribution is -0.126. The molecule has 0 aliphatic heterocycles. The maximum atomic E-state index is 12.0. The van der Waals surface area contributed by atoms with E-state index in [-0.39, 0.29) is 23.7 Å². The van der Waals surface area contributed by atoms with Crippen molar-refractivity contribution >= 4 is 11.7 Å². The first-order valence-electron chi connectivity index (χ1n) is 6.44. The lowest BCUT2D eigenvalue weighted by Crippen LogP contribution is -2.41. The molecule has 1 unspecified atom stereocenters. The number of rotatable bonds is 5. The van der Waals surface area contributed by atoms with Gasteiger partial charge in [-0.15, -0.1) is 0 Å². The molecule has 17 heavy (non-hydrogen) atoms. The summed E-state index contributed by atoms with van der Waals surface area (Å²) in [5, 5.41) is 14.4. The molecular weight excluding hydrogens is 218 g/mol. The molecule has 0 aromatic carbocycles. The van der Waals surface area contributed by atoms with Crippen molar-refractivity contribution in [2.75, 3.05) is 0 Å². The number of hydrogen-bond acceptors (Lipinski definition) is 3. The summed E-state index contributed by atoms with van der Waals surface area (Å²) in [4.78, 5) is 12.0. The van der Waals surface area contributed by atoms with Crippen molar-refractivity contribution in [2.45, 2.75) is 57.9 Å². The van der Waals surface area contributed by atoms with Crippen molar-refractivity contribution in [1.29, 1.82) is 0 Å². The number of hydrogen-bond donors (Lipinski definition) is 3. The largest absolute Gasteiger partial charge is 0.409 e. The normalized spacial score (nSPS) is 19.9. The van der Waals surface area contributed by atoms with E-state index in [1.165, 1.54) is 6.42 Å². The van der Waals surface area contributed by atoms with E-state index in [2.05, 4.69) is 10.5 Å². The molecule has 1 amide bonds. The lowest BCUT2D eigenvalue weighted by Gasteiger charge is -2.24. The van der Waals surface area contributed by atoms with Gasteiger partial charge in [0.1, 0.15) is 5.84 Å². The predicted octanol–water partition coefficient (Wildman–Crippen LogP) is 1.60. The summed E-state index contributed by atoms with van der Waals surface area (Å²) in [6.45, 7) is 1.98. The summed E-state index contributed by atoms with van der Waals surface area (Å²) in [6.07, 6.45) is 6.72. The fourth-order valence-corrected chi connectivity index (χ4v) is 2.27. The van der Waals surface area contributed by atoms with E-state index in [1.54, 1.807) is 0 Å². The van der Waals surface area contributed by atoms with Gasteiger partial charge in [0.15, 0.2) is 0 Å². The Bertz CT molecular complexity index is 273. The van der Waals surface area contributed by atoms with Crippen LogP contribution in [0.3, 0.4) is 0 Å². The first-order valence-corrected chi connectivity index (χ1v) is 6.44. The molecule has 5 heteroatoms. The second-order valence-corrected chi connectivity index (χ2v) is 4.74. The van der Waals surface area contributed by atoms with E-state index in [1.807, 2.05) is 6.92 Å². The summed E-state index contributed by atoms with van der Waals surface area (Å²) in [5.41, 5.74) is 5.45. The van der Waals surface area contributed by atoms with E-state index >= 15 is 0 Å². The van der Waals surface area contributed by atoms with Gasteiger partial charge < -0.3 is 16.3 Å². The summed E-state index contributed by atoms with van der Waals surface area (Å²) in [7, 11) is 0. The minimum atomic E-state index is -0.0275. The zero-order chi connectivity index (χ0) is 12.7. The van der Waals surface area contributed by atoms with Gasteiger partial charge in [-0.3, -0.25) is 4.79 Å². The molecule has 1 rings (SSSR count). The lowest BCUT2D eigenvalue weighted by atomic mass is 9.88. The number of amidine groups is 1. The zero-order valence-corrected chi connectivity index (χ0v) is 10.5. The molecule has 0 saturated heterocycles. The molecule has 5 nitrogen and oxygen atoms in total. The van der Waals surface area contributed by atoms with Gasteiger partial charge >= 0.3 is 0 Å². The van der Waals surface area contributed by atoms with E-state index in [0.29, 0.717) is 6.42 Å². The predicted molar refractivity (Wildman–Crippen MR) is 66.8 cm³/mol. The molecule has 1 aliphatic rings. The van der Waals surface area contributed by atoms with Gasteiger partial charge in [0, 0.05) is 18.4 Å². The fraction of sp³-hybridized carbons (Fsp3) is 0.833. The Kier molecular flexibility index (Phi) is 5.80. The van der Waals surface area contributed by atoms with Gasteiger partial charge in [-0.05, 0) is 19.3 Å². The number of oxime groups is 1. The van der Waals surface area contributed by atoms with Crippen molar-refractivity contribution in [3.8, 4) is 0 Å². The molecular formula is C12H23N3O2. The highest BCUT2D eigenvalue weighted by Gasteiger charge is 2.23. The minimum absolute atomic E-state index is 0.0275. The Morgan fingerprint density at radius 2 is 2.12 bits per heavy atom. The smallest absolute Gasteiger partial charge is 0.223 e. The van der Waals surface area contributed by atoms with Crippen molar-refractivity contribution in [1.82, 2.24) is 5.32 Å². The van der Waals surface area contributed by atoms with Crippen LogP contribution in [0.15, 0.2) is 5.16 Å². The van der Waals surface area contributed by atoms with E-state index in [9.17, 15) is 4.79 Å². The van der Waals surface area contributed by atoms with Gasteiger partial charge in [-0.1, -0.05) is 31.3 Å². The summed E-state index contributed by atoms with van der Waals surface area (Å²) < 4.78 is 0. The van der Waals surface area contributed by atoms with Crippen LogP contribution in [0.25, 0.3) is 0 Å². The number of nitrogens with one attached hydrogen (secondary N) is 1. The summed E-state index contributed by atoms with van der Waals surface area (Å²) in [5.74, 6) is 0.452. The van der Waals surface area contributed by atoms with Crippen LogP contribution < -0.4 is 11.1 Å². The summed E-state index contributed by atoms with van der Waals surface area (Å²) >= 11 is 0. The van der Waals surface area contributed by atoms with Crippen LogP contribution in [0.1, 0.15) is 51.9 Å². The third kappa shape index (κ3) is 4.63. The van der Waals surface area contributed by atoms with Crippen LogP contribution in [0.5, 0.6) is 0 Å². The van der Waals surface area contributed by atoms with Crippen LogP contribution in [-0.2, 0) is 4.79 Å². The molecule has 0 aromatic rings. The van der Waals surface area contributed by atoms with Crippen LogP contribution in [0.4, 0.5) is 0 Å². The molecule has 1 fully saturated rings. The molecule has 0 bridgehead atoms. The fourth-order valence-electron chi connectivity index (χ4n) is 2.27. The van der Waals surface area contributed by atoms with Gasteiger partial charge in [-0.2, -0.15) is 0 Å². The van der Waals surface area contributed by atoms with Gasteiger partial charge in [-0.25, -0.2) is 0 Å². The van der Waals surface area contributed by atoms with Gasteiger partial charge in [0.2, 0.25) is 5.91 Å². The maximum Gasteiger partial charge on any atom is 0.223 e. The average Bonchev–Trinajstić information content (AvgIpc) is 2.38. The second kappa shape index (κ2) is 7.14. The van der Waals surface area contributed by atoms with Gasteiger partial charge in [0.25, 0.3) is 0 Å². The third-order valence-corrected chi connectivity index (χ3v) is 3.40. The molecule has 0 spiro atoms. The van der Waals surface area contributed by atoms with E-state index in [0.717, 1.165) is 32.1 Å². The SMILES string of the molecule is CCC(CC(N)=NO)NC(=O)C1CCCCC1. The zero-order valence-electron chi connectivity index (χ0n) is 10.5. The van der Waals surface area contributed by atoms with E-state index in [4.69, 9.17) is 10.9 Å². The average molecular weight is 241 g/mol. The first kappa shape index (κ1) is 13.8. The van der Waals surface area contributed by atoms with Crippen LogP contribution in [0, 0.1) is 5.92 Å².